The summed E-state index contributed by atoms with van der Waals surface area (Å²) in [6.07, 6.45) is -0.283. The topological polar surface area (TPSA) is 523 Å². The molecule has 0 aliphatic carbocycles. The third-order valence-electron chi connectivity index (χ3n) is 22.4. The minimum Gasteiger partial charge on any atom is -0.508 e. The first kappa shape index (κ1) is 106. The minimum absolute atomic E-state index is 0.00760. The quantitative estimate of drug-likeness (QED) is 0.00553. The van der Waals surface area contributed by atoms with Crippen LogP contribution in [-0.4, -0.2) is 143 Å². The highest BCUT2D eigenvalue weighted by Crippen LogP contribution is 2.30. The number of alkyl carbamates (subject to hydrolysis) is 3. The molecule has 0 saturated carbocycles. The number of halogens is 1. The van der Waals surface area contributed by atoms with E-state index in [0.29, 0.717) is 97.3 Å². The first-order chi connectivity index (χ1) is 63.8. The van der Waals surface area contributed by atoms with Gasteiger partial charge in [0.1, 0.15) is 56.0 Å². The SMILES string of the molecule is Cc1cc(O)cc(C)c1C[C@H](CC(=O)C(CCCN=C(CC(=O)OCc1ccccc1)NC(=O)OCc1ccccc1)NC(=O)OCc1ccccc1)C(=O)N[C@@H](CCCCNC(=O)OCc1ccccc1Cl)C(=O)C[C@@H](Cc1ccccc1)C(N)=O.Cc1cc(O)cc(C)c1C[C@H](CC(=O)[C@H](N)CCCN=C(N)N)C(=O)N[C@@H](CCCCN)C(=O)C[C@@H](Cc1ccccc1)C(N)=O. The molecule has 0 saturated heterocycles. The Kier molecular flexibility index (Phi) is 46.0. The number of Topliss-reactive ketones (excluding diaryl/α,β-unsaturated/α-hetero) is 4. The van der Waals surface area contributed by atoms with E-state index >= 15 is 4.79 Å². The molecule has 0 aliphatic heterocycles. The standard InChI is InChI=1S/C67H75ClN6O13.C34H51N7O5/c1-45-34-54(75)35-46(2)55(45)37-53(64(80)72-57(59(76)38-52(63(69)79)36-47-20-7-3-8-21-47)30-17-18-32-71-65(81)87-44-51-28-15-16-29-56(51)68)39-60(77)58(73-66(82)85-42-49-24-11-5-12-25-49)31-19-33-70-61(40-62(78)84-41-48-22-9-4-10-23-48)74-67(83)86-43-50-26-13-6-14-27-50;1-21-15-26(42)16-22(2)27(21)18-25(20-30(43)28(36)11-8-14-40-34(38)39)33(46)41-29(12-6-7-13-35)31(44)19-24(32(37)45)17-23-9-4-3-5-10-23/h3-16,20-29,34-35,52-53,57-58,75H,17-19,30-33,36-44H2,1-2H3,(H2,69,79)(H,71,81)(H,72,80)(H,73,82)(H,70,74,83);3-5,9-10,15-16,24-25,28-29,42H,6-8,11-14,17-20,35-36H2,1-2H3,(H2,37,45)(H,41,46)(H4,38,39,40)/t52-,53-,57+,58?;24-,25-,28-,29+/m11/s1. The van der Waals surface area contributed by atoms with Crippen LogP contribution in [0.3, 0.4) is 0 Å². The average molecular weight is 1850 g/mol. The van der Waals surface area contributed by atoms with Gasteiger partial charge in [0.15, 0.2) is 23.3 Å². The number of aromatic hydroxyl groups is 2. The number of rotatable bonds is 54. The van der Waals surface area contributed by atoms with Crippen LogP contribution in [0, 0.1) is 51.4 Å². The Balaban J connectivity index is 0.000000441. The average Bonchev–Trinajstić information content (AvgIpc) is 0.827. The van der Waals surface area contributed by atoms with Crippen molar-refractivity contribution in [1.29, 1.82) is 0 Å². The van der Waals surface area contributed by atoms with Gasteiger partial charge in [-0.15, -0.1) is 0 Å². The van der Waals surface area contributed by atoms with E-state index in [0.717, 1.165) is 38.9 Å². The van der Waals surface area contributed by atoms with Gasteiger partial charge < -0.3 is 84.8 Å². The number of carbonyl (C=O) groups is 12. The molecule has 7 amide bonds. The molecule has 1 unspecified atom stereocenters. The Morgan fingerprint density at radius 1 is 0.398 bits per heavy atom. The van der Waals surface area contributed by atoms with Crippen LogP contribution in [0.25, 0.3) is 0 Å². The Hall–Kier alpha value is -13.7. The molecule has 0 fully saturated rings. The number of amides is 7. The number of phenols is 2. The molecule has 8 aromatic rings. The van der Waals surface area contributed by atoms with Gasteiger partial charge in [0, 0.05) is 79.6 Å². The summed E-state index contributed by atoms with van der Waals surface area (Å²) < 4.78 is 21.8. The van der Waals surface area contributed by atoms with Crippen molar-refractivity contribution in [2.24, 2.45) is 68.1 Å². The number of aliphatic imine (C=N–C) groups is 2. The number of ketones is 4. The van der Waals surface area contributed by atoms with E-state index in [1.807, 2.05) is 80.6 Å². The van der Waals surface area contributed by atoms with E-state index in [1.165, 1.54) is 12.1 Å². The number of nitrogens with two attached hydrogens (primary N) is 6. The molecule has 8 rings (SSSR count). The van der Waals surface area contributed by atoms with Crippen LogP contribution in [0.4, 0.5) is 14.4 Å². The van der Waals surface area contributed by atoms with E-state index in [9.17, 15) is 63.0 Å². The Labute approximate surface area is 781 Å². The molecule has 8 atom stereocenters. The summed E-state index contributed by atoms with van der Waals surface area (Å²) >= 11 is 6.22. The van der Waals surface area contributed by atoms with Gasteiger partial charge in [-0.2, -0.15) is 0 Å². The molecule has 32 heteroatoms. The van der Waals surface area contributed by atoms with Crippen molar-refractivity contribution in [3.05, 3.63) is 272 Å². The lowest BCUT2D eigenvalue weighted by molar-refractivity contribution is -0.143. The van der Waals surface area contributed by atoms with Gasteiger partial charge in [0.2, 0.25) is 23.6 Å². The van der Waals surface area contributed by atoms with Crippen molar-refractivity contribution in [3.63, 3.8) is 0 Å². The number of amidine groups is 1. The van der Waals surface area contributed by atoms with Crippen LogP contribution in [0.5, 0.6) is 11.5 Å². The third-order valence-corrected chi connectivity index (χ3v) is 22.7. The van der Waals surface area contributed by atoms with E-state index in [-0.39, 0.29) is 132 Å². The summed E-state index contributed by atoms with van der Waals surface area (Å²) in [5.41, 5.74) is 42.9. The van der Waals surface area contributed by atoms with Gasteiger partial charge in [-0.1, -0.05) is 181 Å². The van der Waals surface area contributed by atoms with Crippen LogP contribution >= 0.6 is 11.6 Å². The van der Waals surface area contributed by atoms with Crippen LogP contribution in [0.1, 0.15) is 163 Å². The Morgan fingerprint density at radius 3 is 1.22 bits per heavy atom. The number of nitrogens with zero attached hydrogens (tertiary/aromatic N) is 2. The van der Waals surface area contributed by atoms with Crippen LogP contribution in [0.2, 0.25) is 5.02 Å². The number of ether oxygens (including phenoxy) is 4. The first-order valence-electron chi connectivity index (χ1n) is 44.6. The second kappa shape index (κ2) is 57.5. The number of esters is 1. The summed E-state index contributed by atoms with van der Waals surface area (Å²) in [6, 6.07) is 54.2. The van der Waals surface area contributed by atoms with Crippen molar-refractivity contribution in [2.45, 2.75) is 200 Å². The second-order valence-electron chi connectivity index (χ2n) is 33.0. The number of hydrogen-bond acceptors (Lipinski definition) is 22. The molecular weight excluding hydrogens is 1720 g/mol. The first-order valence-corrected chi connectivity index (χ1v) is 45.0. The number of aryl methyl sites for hydroxylation is 4. The predicted octanol–water partition coefficient (Wildman–Crippen LogP) is 11.6. The van der Waals surface area contributed by atoms with Crippen LogP contribution in [0.15, 0.2) is 210 Å². The molecule has 0 aliphatic rings. The largest absolute Gasteiger partial charge is 0.508 e. The molecular formula is C101H126ClN13O18. The second-order valence-corrected chi connectivity index (χ2v) is 33.4. The van der Waals surface area contributed by atoms with Gasteiger partial charge in [-0.3, -0.25) is 58.5 Å². The maximum absolute atomic E-state index is 15.0. The lowest BCUT2D eigenvalue weighted by atomic mass is 9.86. The van der Waals surface area contributed by atoms with Gasteiger partial charge in [-0.25, -0.2) is 14.4 Å². The van der Waals surface area contributed by atoms with Crippen molar-refractivity contribution in [1.82, 2.24) is 26.6 Å². The fourth-order valence-corrected chi connectivity index (χ4v) is 15.2. The third kappa shape index (κ3) is 39.9. The molecule has 133 heavy (non-hydrogen) atoms. The fraction of sp³-hybridized carbons (Fsp3) is 0.386. The number of carbonyl (C=O) groups excluding carboxylic acids is 12. The molecule has 0 heterocycles. The van der Waals surface area contributed by atoms with Gasteiger partial charge in [0.25, 0.3) is 0 Å². The zero-order valence-corrected chi connectivity index (χ0v) is 76.7. The molecule has 0 bridgehead atoms. The van der Waals surface area contributed by atoms with Gasteiger partial charge in [0.05, 0.1) is 24.2 Å². The van der Waals surface area contributed by atoms with E-state index in [2.05, 4.69) is 36.6 Å². The predicted molar refractivity (Wildman–Crippen MR) is 508 cm³/mol. The zero-order valence-electron chi connectivity index (χ0n) is 75.9. The summed E-state index contributed by atoms with van der Waals surface area (Å²) in [5, 5.41) is 34.7. The molecule has 19 N–H and O–H groups in total. The van der Waals surface area contributed by atoms with Crippen LogP contribution < -0.4 is 61.0 Å². The normalized spacial score (nSPS) is 12.9. The maximum atomic E-state index is 15.0. The number of phenolic OH excluding ortho intramolecular Hbond substituents is 2. The van der Waals surface area contributed by atoms with Crippen molar-refractivity contribution >= 4 is 94.4 Å². The number of hydrogen-bond donors (Lipinski definition) is 13. The van der Waals surface area contributed by atoms with Crippen molar-refractivity contribution < 1.29 is 86.7 Å². The smallest absolute Gasteiger partial charge is 0.412 e. The number of primary amides is 2. The molecule has 0 spiro atoms. The number of guanidine groups is 1. The highest BCUT2D eigenvalue weighted by atomic mass is 35.5. The van der Waals surface area contributed by atoms with Gasteiger partial charge >= 0.3 is 24.2 Å². The van der Waals surface area contributed by atoms with E-state index in [1.54, 1.807) is 135 Å². The highest BCUT2D eigenvalue weighted by Gasteiger charge is 2.36. The highest BCUT2D eigenvalue weighted by molar-refractivity contribution is 6.31. The summed E-state index contributed by atoms with van der Waals surface area (Å²) in [6.45, 7) is 7.70. The number of benzene rings is 8. The van der Waals surface area contributed by atoms with E-state index < -0.39 is 120 Å². The summed E-state index contributed by atoms with van der Waals surface area (Å²) in [7, 11) is 0. The molecule has 8 aromatic carbocycles. The van der Waals surface area contributed by atoms with Crippen molar-refractivity contribution in [2.75, 3.05) is 26.2 Å². The lowest BCUT2D eigenvalue weighted by Gasteiger charge is -2.26. The van der Waals surface area contributed by atoms with Gasteiger partial charge in [-0.05, 0) is 216 Å². The maximum Gasteiger partial charge on any atom is 0.412 e. The summed E-state index contributed by atoms with van der Waals surface area (Å²) in [5.74, 6) is -8.57. The Bertz CT molecular complexity index is 5080. The lowest BCUT2D eigenvalue weighted by Crippen LogP contribution is -2.47. The fourth-order valence-electron chi connectivity index (χ4n) is 15.0. The number of unbranched alkanes of at least 4 members (excludes halogenated alkanes) is 2. The van der Waals surface area contributed by atoms with Crippen molar-refractivity contribution in [3.8, 4) is 11.5 Å². The minimum atomic E-state index is -1.28. The zero-order chi connectivity index (χ0) is 96.6. The summed E-state index contributed by atoms with van der Waals surface area (Å²) in [4.78, 5) is 171. The van der Waals surface area contributed by atoms with E-state index in [4.69, 9.17) is 65.0 Å². The monoisotopic (exact) mass is 1840 g/mol. The molecule has 31 nitrogen and oxygen atoms in total. The molecule has 710 valence electrons. The molecule has 0 aromatic heterocycles. The Morgan fingerprint density at radius 2 is 0.774 bits per heavy atom. The number of nitrogens with one attached hydrogen (secondary N) is 5. The molecule has 0 radical (unpaired) electrons. The van der Waals surface area contributed by atoms with Crippen LogP contribution in [-0.2, 0) is 114 Å².